The van der Waals surface area contributed by atoms with Gasteiger partial charge in [0.2, 0.25) is 5.89 Å². The van der Waals surface area contributed by atoms with Gasteiger partial charge in [0.25, 0.3) is 0 Å². The summed E-state index contributed by atoms with van der Waals surface area (Å²) in [7, 11) is 0. The SMILES string of the molecule is c1ccc(-c2nc3ccc4cc(-c5ccccc5)c5ccc(N(c6cccc(-c7ccccc7-c7ccccc7)c6)c6ccc7c(c6)oc6ccccc67)cc5c4c3o2)cc1. The van der Waals surface area contributed by atoms with E-state index in [1.165, 1.54) is 16.7 Å². The van der Waals surface area contributed by atoms with Crippen molar-refractivity contribution in [3.05, 3.63) is 218 Å². The molecule has 0 spiro atoms. The number of rotatable bonds is 7. The molecule has 0 bridgehead atoms. The van der Waals surface area contributed by atoms with E-state index in [0.717, 1.165) is 93.9 Å². The first-order valence-corrected chi connectivity index (χ1v) is 20.6. The van der Waals surface area contributed by atoms with Gasteiger partial charge in [-0.15, -0.1) is 0 Å². The van der Waals surface area contributed by atoms with Crippen LogP contribution in [-0.2, 0) is 0 Å². The minimum absolute atomic E-state index is 0.605. The van der Waals surface area contributed by atoms with Crippen LogP contribution in [0.25, 0.3) is 99.4 Å². The fourth-order valence-electron chi connectivity index (χ4n) is 9.03. The minimum atomic E-state index is 0.605. The molecule has 0 N–H and O–H groups in total. The van der Waals surface area contributed by atoms with Crippen molar-refractivity contribution >= 4 is 71.6 Å². The van der Waals surface area contributed by atoms with Crippen molar-refractivity contribution in [3.8, 4) is 44.8 Å². The Balaban J connectivity index is 1.12. The zero-order valence-electron chi connectivity index (χ0n) is 33.0. The minimum Gasteiger partial charge on any atom is -0.456 e. The molecule has 10 aromatic carbocycles. The van der Waals surface area contributed by atoms with Gasteiger partial charge in [-0.25, -0.2) is 4.98 Å². The zero-order valence-corrected chi connectivity index (χ0v) is 33.0. The molecule has 12 aromatic rings. The summed E-state index contributed by atoms with van der Waals surface area (Å²) in [5.41, 5.74) is 14.2. The van der Waals surface area contributed by atoms with Gasteiger partial charge >= 0.3 is 0 Å². The van der Waals surface area contributed by atoms with Crippen molar-refractivity contribution in [1.29, 1.82) is 0 Å². The summed E-state index contributed by atoms with van der Waals surface area (Å²) in [5.74, 6) is 0.605. The molecular weight excluding hydrogens is 745 g/mol. The first-order chi connectivity index (χ1) is 30.2. The lowest BCUT2D eigenvalue weighted by molar-refractivity contribution is 0.623. The molecule has 0 saturated heterocycles. The number of para-hydroxylation sites is 1. The van der Waals surface area contributed by atoms with E-state index in [2.05, 4.69) is 181 Å². The predicted octanol–water partition coefficient (Wildman–Crippen LogP) is 16.2. The molecule has 0 radical (unpaired) electrons. The molecule has 0 aliphatic heterocycles. The van der Waals surface area contributed by atoms with Gasteiger partial charge in [-0.3, -0.25) is 0 Å². The number of aromatic nitrogens is 1. The Morgan fingerprint density at radius 1 is 0.344 bits per heavy atom. The monoisotopic (exact) mass is 780 g/mol. The Labute approximate surface area is 352 Å². The standard InChI is InChI=1S/C57H36N2O2/c1-4-15-37(16-5-1)45-23-10-11-24-46(45)40-21-14-22-42(33-40)59(44-29-31-49-48-25-12-13-26-53(48)60-54(49)36-44)43-28-30-47-50(38-17-6-2-7-18-38)34-41-27-32-52-56(55(41)51(47)35-43)61-57(58-52)39-19-8-3-9-20-39/h1-36H. The topological polar surface area (TPSA) is 42.4 Å². The maximum absolute atomic E-state index is 6.74. The molecule has 2 aromatic heterocycles. The summed E-state index contributed by atoms with van der Waals surface area (Å²) in [6, 6.07) is 77.1. The second kappa shape index (κ2) is 14.3. The largest absolute Gasteiger partial charge is 0.456 e. The summed E-state index contributed by atoms with van der Waals surface area (Å²) in [6.45, 7) is 0. The van der Waals surface area contributed by atoms with Gasteiger partial charge in [0.05, 0.1) is 0 Å². The number of fused-ring (bicyclic) bond motifs is 8. The van der Waals surface area contributed by atoms with E-state index >= 15 is 0 Å². The average Bonchev–Trinajstić information content (AvgIpc) is 3.94. The Bertz CT molecular complexity index is 3590. The first kappa shape index (κ1) is 34.8. The van der Waals surface area contributed by atoms with Crippen LogP contribution in [0.15, 0.2) is 227 Å². The van der Waals surface area contributed by atoms with E-state index in [9.17, 15) is 0 Å². The van der Waals surface area contributed by atoms with E-state index in [1.807, 2.05) is 42.5 Å². The second-order valence-electron chi connectivity index (χ2n) is 15.5. The molecule has 0 fully saturated rings. The molecule has 0 saturated carbocycles. The van der Waals surface area contributed by atoms with E-state index in [1.54, 1.807) is 0 Å². The van der Waals surface area contributed by atoms with Gasteiger partial charge in [-0.1, -0.05) is 146 Å². The van der Waals surface area contributed by atoms with Crippen LogP contribution in [0.4, 0.5) is 17.1 Å². The number of hydrogen-bond donors (Lipinski definition) is 0. The lowest BCUT2D eigenvalue weighted by Gasteiger charge is -2.27. The molecule has 61 heavy (non-hydrogen) atoms. The second-order valence-corrected chi connectivity index (χ2v) is 15.5. The smallest absolute Gasteiger partial charge is 0.227 e. The molecule has 286 valence electrons. The summed E-state index contributed by atoms with van der Waals surface area (Å²) in [4.78, 5) is 7.34. The van der Waals surface area contributed by atoms with E-state index in [-0.39, 0.29) is 0 Å². The molecule has 4 nitrogen and oxygen atoms in total. The van der Waals surface area contributed by atoms with Crippen molar-refractivity contribution in [2.45, 2.75) is 0 Å². The predicted molar refractivity (Wildman–Crippen MR) is 253 cm³/mol. The van der Waals surface area contributed by atoms with Crippen LogP contribution in [0.2, 0.25) is 0 Å². The molecule has 0 amide bonds. The normalized spacial score (nSPS) is 11.6. The van der Waals surface area contributed by atoms with Gasteiger partial charge in [-0.05, 0) is 116 Å². The van der Waals surface area contributed by atoms with E-state index < -0.39 is 0 Å². The lowest BCUT2D eigenvalue weighted by Crippen LogP contribution is -2.10. The molecule has 0 aliphatic rings. The summed E-state index contributed by atoms with van der Waals surface area (Å²) in [5, 5.41) is 6.51. The van der Waals surface area contributed by atoms with Crippen LogP contribution >= 0.6 is 0 Å². The number of benzene rings is 10. The van der Waals surface area contributed by atoms with E-state index in [0.29, 0.717) is 5.89 Å². The van der Waals surface area contributed by atoms with Crippen molar-refractivity contribution in [1.82, 2.24) is 4.98 Å². The van der Waals surface area contributed by atoms with Crippen LogP contribution < -0.4 is 4.90 Å². The van der Waals surface area contributed by atoms with Crippen molar-refractivity contribution in [2.24, 2.45) is 0 Å². The average molecular weight is 781 g/mol. The van der Waals surface area contributed by atoms with E-state index in [4.69, 9.17) is 13.8 Å². The number of anilines is 3. The van der Waals surface area contributed by atoms with Crippen molar-refractivity contribution in [2.75, 3.05) is 4.90 Å². The number of oxazole rings is 1. The lowest BCUT2D eigenvalue weighted by atomic mass is 9.92. The van der Waals surface area contributed by atoms with Crippen molar-refractivity contribution in [3.63, 3.8) is 0 Å². The fourth-order valence-corrected chi connectivity index (χ4v) is 9.03. The van der Waals surface area contributed by atoms with Crippen LogP contribution in [0.1, 0.15) is 0 Å². The van der Waals surface area contributed by atoms with Gasteiger partial charge in [0.1, 0.15) is 16.7 Å². The van der Waals surface area contributed by atoms with Crippen molar-refractivity contribution < 1.29 is 8.83 Å². The third kappa shape index (κ3) is 5.96. The highest BCUT2D eigenvalue weighted by Gasteiger charge is 2.21. The summed E-state index contributed by atoms with van der Waals surface area (Å²) < 4.78 is 13.2. The quantitative estimate of drug-likeness (QED) is 0.151. The van der Waals surface area contributed by atoms with Crippen LogP contribution in [0.3, 0.4) is 0 Å². The summed E-state index contributed by atoms with van der Waals surface area (Å²) in [6.07, 6.45) is 0. The Morgan fingerprint density at radius 2 is 0.934 bits per heavy atom. The van der Waals surface area contributed by atoms with Crippen LogP contribution in [0.5, 0.6) is 0 Å². The maximum Gasteiger partial charge on any atom is 0.227 e. The highest BCUT2D eigenvalue weighted by molar-refractivity contribution is 6.22. The van der Waals surface area contributed by atoms with Crippen LogP contribution in [-0.4, -0.2) is 4.98 Å². The van der Waals surface area contributed by atoms with Gasteiger partial charge < -0.3 is 13.7 Å². The highest BCUT2D eigenvalue weighted by Crippen LogP contribution is 2.45. The highest BCUT2D eigenvalue weighted by atomic mass is 16.3. The van der Waals surface area contributed by atoms with Crippen LogP contribution in [0, 0.1) is 0 Å². The Morgan fingerprint density at radius 3 is 1.70 bits per heavy atom. The molecule has 0 atom stereocenters. The summed E-state index contributed by atoms with van der Waals surface area (Å²) >= 11 is 0. The molecule has 12 rings (SSSR count). The number of hydrogen-bond acceptors (Lipinski definition) is 4. The fraction of sp³-hybridized carbons (Fsp3) is 0. The zero-order chi connectivity index (χ0) is 40.3. The molecule has 0 unspecified atom stereocenters. The molecule has 4 heteroatoms. The third-order valence-electron chi connectivity index (χ3n) is 11.9. The van der Waals surface area contributed by atoms with Gasteiger partial charge in [0, 0.05) is 44.9 Å². The number of nitrogens with zero attached hydrogens (tertiary/aromatic N) is 2. The third-order valence-corrected chi connectivity index (χ3v) is 11.9. The Hall–Kier alpha value is -8.21. The van der Waals surface area contributed by atoms with Gasteiger partial charge in [-0.2, -0.15) is 0 Å². The maximum atomic E-state index is 6.74. The molecule has 2 heterocycles. The molecular formula is C57H36N2O2. The number of furan rings is 1. The Kier molecular flexibility index (Phi) is 8.13. The molecule has 0 aliphatic carbocycles. The first-order valence-electron chi connectivity index (χ1n) is 20.6. The van der Waals surface area contributed by atoms with Gasteiger partial charge in [0.15, 0.2) is 5.58 Å².